The van der Waals surface area contributed by atoms with Crippen LogP contribution < -0.4 is 5.32 Å². The van der Waals surface area contributed by atoms with Gasteiger partial charge in [0, 0.05) is 16.7 Å². The molecule has 0 aliphatic heterocycles. The Kier molecular flexibility index (Phi) is 3.75. The van der Waals surface area contributed by atoms with Gasteiger partial charge in [-0.25, -0.2) is 0 Å². The number of aliphatic hydroxyl groups excluding tert-OH is 1. The summed E-state index contributed by atoms with van der Waals surface area (Å²) in [5.41, 5.74) is 2.22. The number of aryl methyl sites for hydroxylation is 1. The lowest BCUT2D eigenvalue weighted by Gasteiger charge is -2.11. The molecule has 0 radical (unpaired) electrons. The Morgan fingerprint density at radius 3 is 2.85 bits per heavy atom. The van der Waals surface area contributed by atoms with E-state index in [9.17, 15) is 0 Å². The molecule has 2 nitrogen and oxygen atoms in total. The highest BCUT2D eigenvalue weighted by molar-refractivity contribution is 9.10. The highest BCUT2D eigenvalue weighted by Gasteiger charge is 2.02. The Morgan fingerprint density at radius 2 is 2.23 bits per heavy atom. The summed E-state index contributed by atoms with van der Waals surface area (Å²) >= 11 is 3.49. The second-order valence-corrected chi connectivity index (χ2v) is 3.96. The average Bonchev–Trinajstić information content (AvgIpc) is 2.07. The second kappa shape index (κ2) is 4.63. The molecular weight excluding hydrogens is 230 g/mol. The van der Waals surface area contributed by atoms with Crippen molar-refractivity contribution < 1.29 is 5.11 Å². The van der Waals surface area contributed by atoms with E-state index in [1.165, 1.54) is 5.56 Å². The molecule has 2 N–H and O–H groups in total. The topological polar surface area (TPSA) is 32.3 Å². The Hall–Kier alpha value is -0.540. The molecule has 0 unspecified atom stereocenters. The maximum Gasteiger partial charge on any atom is 0.0684 e. The molecule has 1 aromatic rings. The number of anilines is 1. The molecule has 1 atom stereocenters. The molecule has 0 fully saturated rings. The van der Waals surface area contributed by atoms with Gasteiger partial charge in [-0.05, 0) is 41.4 Å². The molecular formula is C10H14BrNO. The van der Waals surface area contributed by atoms with Crippen LogP contribution in [0.5, 0.6) is 0 Å². The zero-order valence-electron chi connectivity index (χ0n) is 7.84. The number of halogens is 1. The molecule has 0 bridgehead atoms. The first-order valence-electron chi connectivity index (χ1n) is 4.28. The summed E-state index contributed by atoms with van der Waals surface area (Å²) in [6.45, 7) is 4.37. The van der Waals surface area contributed by atoms with E-state index in [-0.39, 0.29) is 6.10 Å². The summed E-state index contributed by atoms with van der Waals surface area (Å²) in [4.78, 5) is 0. The van der Waals surface area contributed by atoms with Crippen molar-refractivity contribution in [3.8, 4) is 0 Å². The molecule has 0 spiro atoms. The molecule has 0 heterocycles. The average molecular weight is 244 g/mol. The Labute approximate surface area is 87.1 Å². The first-order chi connectivity index (χ1) is 6.11. The lowest BCUT2D eigenvalue weighted by atomic mass is 10.2. The summed E-state index contributed by atoms with van der Waals surface area (Å²) in [5, 5.41) is 12.3. The third kappa shape index (κ3) is 3.01. The Balaban J connectivity index is 2.71. The molecule has 0 aromatic heterocycles. The lowest BCUT2D eigenvalue weighted by molar-refractivity contribution is 0.208. The first-order valence-corrected chi connectivity index (χ1v) is 5.07. The van der Waals surface area contributed by atoms with E-state index in [0.717, 1.165) is 10.2 Å². The summed E-state index contributed by atoms with van der Waals surface area (Å²) < 4.78 is 1.07. The van der Waals surface area contributed by atoms with Gasteiger partial charge in [-0.2, -0.15) is 0 Å². The van der Waals surface area contributed by atoms with Crippen molar-refractivity contribution in [1.29, 1.82) is 0 Å². The van der Waals surface area contributed by atoms with Crippen molar-refractivity contribution in [2.45, 2.75) is 20.0 Å². The zero-order valence-corrected chi connectivity index (χ0v) is 9.43. The van der Waals surface area contributed by atoms with Crippen LogP contribution in [0.2, 0.25) is 0 Å². The van der Waals surface area contributed by atoms with Gasteiger partial charge in [-0.1, -0.05) is 12.1 Å². The van der Waals surface area contributed by atoms with Crippen molar-refractivity contribution in [3.05, 3.63) is 28.2 Å². The van der Waals surface area contributed by atoms with Gasteiger partial charge in [-0.3, -0.25) is 0 Å². The quantitative estimate of drug-likeness (QED) is 0.856. The van der Waals surface area contributed by atoms with Crippen molar-refractivity contribution >= 4 is 21.6 Å². The van der Waals surface area contributed by atoms with Gasteiger partial charge in [0.05, 0.1) is 6.10 Å². The number of hydrogen-bond donors (Lipinski definition) is 2. The van der Waals surface area contributed by atoms with Crippen molar-refractivity contribution in [2.75, 3.05) is 11.9 Å². The summed E-state index contributed by atoms with van der Waals surface area (Å²) in [7, 11) is 0. The maximum atomic E-state index is 9.10. The van der Waals surface area contributed by atoms with Crippen LogP contribution >= 0.6 is 15.9 Å². The monoisotopic (exact) mass is 243 g/mol. The highest BCUT2D eigenvalue weighted by Crippen LogP contribution is 2.25. The molecule has 72 valence electrons. The number of benzene rings is 1. The SMILES string of the molecule is Cc1cccc(NC[C@@H](C)O)c1Br. The minimum Gasteiger partial charge on any atom is -0.392 e. The van der Waals surface area contributed by atoms with Crippen LogP contribution in [0.1, 0.15) is 12.5 Å². The van der Waals surface area contributed by atoms with Crippen LogP contribution in [0.4, 0.5) is 5.69 Å². The Morgan fingerprint density at radius 1 is 1.54 bits per heavy atom. The van der Waals surface area contributed by atoms with Crippen LogP contribution in [-0.4, -0.2) is 17.8 Å². The molecule has 0 aliphatic rings. The normalized spacial score (nSPS) is 12.6. The number of nitrogens with one attached hydrogen (secondary N) is 1. The minimum absolute atomic E-state index is 0.326. The highest BCUT2D eigenvalue weighted by atomic mass is 79.9. The predicted octanol–water partition coefficient (Wildman–Crippen LogP) is 2.55. The van der Waals surface area contributed by atoms with Gasteiger partial charge in [0.2, 0.25) is 0 Å². The van der Waals surface area contributed by atoms with E-state index < -0.39 is 0 Å². The van der Waals surface area contributed by atoms with Crippen molar-refractivity contribution in [3.63, 3.8) is 0 Å². The van der Waals surface area contributed by atoms with E-state index in [1.54, 1.807) is 6.92 Å². The smallest absolute Gasteiger partial charge is 0.0684 e. The standard InChI is InChI=1S/C10H14BrNO/c1-7-4-3-5-9(10(7)11)12-6-8(2)13/h3-5,8,12-13H,6H2,1-2H3/t8-/m1/s1. The minimum atomic E-state index is -0.326. The molecule has 0 aliphatic carbocycles. The van der Waals surface area contributed by atoms with Gasteiger partial charge < -0.3 is 10.4 Å². The number of rotatable bonds is 3. The van der Waals surface area contributed by atoms with Gasteiger partial charge in [0.1, 0.15) is 0 Å². The van der Waals surface area contributed by atoms with Crippen LogP contribution in [0.3, 0.4) is 0 Å². The molecule has 1 aromatic carbocycles. The molecule has 0 amide bonds. The van der Waals surface area contributed by atoms with Gasteiger partial charge in [-0.15, -0.1) is 0 Å². The first kappa shape index (κ1) is 10.5. The van der Waals surface area contributed by atoms with E-state index in [4.69, 9.17) is 5.11 Å². The van der Waals surface area contributed by atoms with Gasteiger partial charge in [0.15, 0.2) is 0 Å². The summed E-state index contributed by atoms with van der Waals surface area (Å²) in [6, 6.07) is 6.02. The van der Waals surface area contributed by atoms with Gasteiger partial charge >= 0.3 is 0 Å². The second-order valence-electron chi connectivity index (χ2n) is 3.17. The lowest BCUT2D eigenvalue weighted by Crippen LogP contribution is -2.15. The Bertz CT molecular complexity index is 286. The third-order valence-corrected chi connectivity index (χ3v) is 2.83. The number of aliphatic hydroxyl groups is 1. The molecule has 0 saturated carbocycles. The maximum absolute atomic E-state index is 9.10. The third-order valence-electron chi connectivity index (χ3n) is 1.78. The van der Waals surface area contributed by atoms with Crippen molar-refractivity contribution in [2.24, 2.45) is 0 Å². The molecule has 1 rings (SSSR count). The van der Waals surface area contributed by atoms with Crippen LogP contribution in [0.25, 0.3) is 0 Å². The van der Waals surface area contributed by atoms with Crippen LogP contribution in [-0.2, 0) is 0 Å². The van der Waals surface area contributed by atoms with Crippen molar-refractivity contribution in [1.82, 2.24) is 0 Å². The fraction of sp³-hybridized carbons (Fsp3) is 0.400. The van der Waals surface area contributed by atoms with E-state index in [2.05, 4.69) is 21.2 Å². The molecule has 13 heavy (non-hydrogen) atoms. The fourth-order valence-electron chi connectivity index (χ4n) is 1.04. The number of hydrogen-bond acceptors (Lipinski definition) is 2. The summed E-state index contributed by atoms with van der Waals surface area (Å²) in [5.74, 6) is 0. The summed E-state index contributed by atoms with van der Waals surface area (Å²) in [6.07, 6.45) is -0.326. The van der Waals surface area contributed by atoms with E-state index in [0.29, 0.717) is 6.54 Å². The fourth-order valence-corrected chi connectivity index (χ4v) is 1.45. The molecule has 3 heteroatoms. The van der Waals surface area contributed by atoms with E-state index >= 15 is 0 Å². The molecule has 0 saturated heterocycles. The zero-order chi connectivity index (χ0) is 9.84. The van der Waals surface area contributed by atoms with Crippen LogP contribution in [0.15, 0.2) is 22.7 Å². The van der Waals surface area contributed by atoms with Crippen LogP contribution in [0, 0.1) is 6.92 Å². The largest absolute Gasteiger partial charge is 0.392 e. The van der Waals surface area contributed by atoms with Gasteiger partial charge in [0.25, 0.3) is 0 Å². The predicted molar refractivity (Wildman–Crippen MR) is 59.0 cm³/mol. The van der Waals surface area contributed by atoms with E-state index in [1.807, 2.05) is 25.1 Å².